The molecule has 50 heavy (non-hydrogen) atoms. The van der Waals surface area contributed by atoms with E-state index in [1.807, 2.05) is 30.3 Å². The van der Waals surface area contributed by atoms with Crippen LogP contribution in [0.25, 0.3) is 0 Å². The van der Waals surface area contributed by atoms with E-state index in [0.717, 1.165) is 41.8 Å². The zero-order chi connectivity index (χ0) is 36.4. The molecule has 0 spiro atoms. The van der Waals surface area contributed by atoms with Gasteiger partial charge in [0.15, 0.2) is 24.8 Å². The zero-order valence-electron chi connectivity index (χ0n) is 30.9. The van der Waals surface area contributed by atoms with Crippen LogP contribution in [0.15, 0.2) is 30.3 Å². The van der Waals surface area contributed by atoms with Crippen molar-refractivity contribution < 1.29 is 38.0 Å². The Kier molecular flexibility index (Phi) is 17.4. The second kappa shape index (κ2) is 21.1. The van der Waals surface area contributed by atoms with Crippen molar-refractivity contribution in [1.82, 2.24) is 0 Å². The molecular weight excluding hydrogens is 665 g/mol. The molecule has 2 heterocycles. The van der Waals surface area contributed by atoms with Crippen molar-refractivity contribution in [2.24, 2.45) is 0 Å². The van der Waals surface area contributed by atoms with E-state index < -0.39 is 65.1 Å². The fraction of sp³-hybridized carbons (Fsp3) is 0.600. The Morgan fingerprint density at radius 1 is 0.720 bits per heavy atom. The Hall–Kier alpha value is -3.33. The van der Waals surface area contributed by atoms with Crippen molar-refractivity contribution in [3.8, 4) is 46.6 Å². The van der Waals surface area contributed by atoms with Crippen LogP contribution in [0, 0.1) is 46.6 Å². The molecule has 0 amide bonds. The number of rotatable bonds is 14. The molecule has 0 aromatic heterocycles. The standard InChI is InChI=1S/C40H54O8Si2/c1-8-49(9-2,10-3)29-23-16-14-21-27-34(41)46-37-36-33(31-44-39(48-36)32-25-19-18-20-26-32)45-40(43-7)38(37)47-35(42)28-22-15-17-24-30-50(11-4,12-5)13-6/h18-20,25-26,33,36-40H,8-13,21-22,27-28,31H2,1-7H3/t33-,36-,37+,38-,39-,40+/m1/s1. The van der Waals surface area contributed by atoms with Crippen molar-refractivity contribution in [1.29, 1.82) is 0 Å². The van der Waals surface area contributed by atoms with Gasteiger partial charge < -0.3 is 28.4 Å². The first-order valence-electron chi connectivity index (χ1n) is 18.1. The summed E-state index contributed by atoms with van der Waals surface area (Å²) in [6.07, 6.45) is -4.64. The highest BCUT2D eigenvalue weighted by Gasteiger charge is 2.54. The summed E-state index contributed by atoms with van der Waals surface area (Å²) in [6, 6.07) is 16.1. The van der Waals surface area contributed by atoms with Crippen molar-refractivity contribution >= 4 is 28.1 Å². The van der Waals surface area contributed by atoms with Crippen molar-refractivity contribution in [2.45, 2.75) is 140 Å². The van der Waals surface area contributed by atoms with Gasteiger partial charge in [-0.2, -0.15) is 0 Å². The van der Waals surface area contributed by atoms with E-state index in [-0.39, 0.29) is 32.3 Å². The summed E-state index contributed by atoms with van der Waals surface area (Å²) in [4.78, 5) is 26.4. The molecule has 8 nitrogen and oxygen atoms in total. The minimum atomic E-state index is -1.59. The molecule has 0 unspecified atom stereocenters. The summed E-state index contributed by atoms with van der Waals surface area (Å²) in [5.74, 6) is 16.8. The Balaban J connectivity index is 1.75. The minimum absolute atomic E-state index is 0.0275. The molecule has 0 aliphatic carbocycles. The van der Waals surface area contributed by atoms with Crippen LogP contribution >= 0.6 is 0 Å². The van der Waals surface area contributed by atoms with Gasteiger partial charge in [-0.25, -0.2) is 0 Å². The molecule has 2 saturated heterocycles. The first kappa shape index (κ1) is 41.1. The van der Waals surface area contributed by atoms with Crippen LogP contribution in [0.2, 0.25) is 36.3 Å². The number of methoxy groups -OCH3 is 1. The smallest absolute Gasteiger partial charge is 0.307 e. The van der Waals surface area contributed by atoms with E-state index >= 15 is 0 Å². The molecule has 0 bridgehead atoms. The molecule has 6 atom stereocenters. The molecule has 0 radical (unpaired) electrons. The summed E-state index contributed by atoms with van der Waals surface area (Å²) in [6.45, 7) is 13.3. The van der Waals surface area contributed by atoms with Crippen LogP contribution in [-0.4, -0.2) is 72.5 Å². The lowest BCUT2D eigenvalue weighted by atomic mass is 9.97. The summed E-state index contributed by atoms with van der Waals surface area (Å²) < 4.78 is 36.0. The van der Waals surface area contributed by atoms with Gasteiger partial charge >= 0.3 is 11.9 Å². The second-order valence-electron chi connectivity index (χ2n) is 12.6. The molecule has 0 saturated carbocycles. The highest BCUT2D eigenvalue weighted by atomic mass is 28.3. The van der Waals surface area contributed by atoms with Crippen LogP contribution < -0.4 is 0 Å². The third-order valence-electron chi connectivity index (χ3n) is 10.0. The van der Waals surface area contributed by atoms with Crippen LogP contribution in [-0.2, 0) is 38.0 Å². The molecule has 1 aromatic rings. The first-order valence-corrected chi connectivity index (χ1v) is 23.4. The average molecular weight is 719 g/mol. The number of benzene rings is 1. The van der Waals surface area contributed by atoms with Crippen LogP contribution in [0.3, 0.4) is 0 Å². The maximum absolute atomic E-state index is 13.2. The predicted octanol–water partition coefficient (Wildman–Crippen LogP) is 6.96. The molecule has 270 valence electrons. The van der Waals surface area contributed by atoms with Gasteiger partial charge in [0.1, 0.15) is 28.4 Å². The third kappa shape index (κ3) is 11.6. The fourth-order valence-electron chi connectivity index (χ4n) is 6.10. The van der Waals surface area contributed by atoms with Gasteiger partial charge in [0.2, 0.25) is 0 Å². The number of hydrogen-bond acceptors (Lipinski definition) is 8. The van der Waals surface area contributed by atoms with E-state index in [9.17, 15) is 9.59 Å². The van der Waals surface area contributed by atoms with E-state index in [1.165, 1.54) is 7.11 Å². The van der Waals surface area contributed by atoms with Crippen molar-refractivity contribution in [2.75, 3.05) is 13.7 Å². The Labute approximate surface area is 302 Å². The number of carbonyl (C=O) groups is 2. The number of carbonyl (C=O) groups excluding carboxylic acids is 2. The highest BCUT2D eigenvalue weighted by Crippen LogP contribution is 2.37. The third-order valence-corrected chi connectivity index (χ3v) is 19.5. The van der Waals surface area contributed by atoms with Gasteiger partial charge in [0, 0.05) is 25.5 Å². The minimum Gasteiger partial charge on any atom is -0.455 e. The van der Waals surface area contributed by atoms with Gasteiger partial charge in [-0.05, 0) is 59.9 Å². The van der Waals surface area contributed by atoms with Crippen LogP contribution in [0.1, 0.15) is 79.1 Å². The lowest BCUT2D eigenvalue weighted by molar-refractivity contribution is -0.359. The van der Waals surface area contributed by atoms with Crippen LogP contribution in [0.4, 0.5) is 0 Å². The topological polar surface area (TPSA) is 89.5 Å². The normalized spacial score (nSPS) is 22.8. The van der Waals surface area contributed by atoms with Crippen molar-refractivity contribution in [3.05, 3.63) is 35.9 Å². The van der Waals surface area contributed by atoms with Gasteiger partial charge in [-0.15, -0.1) is 11.1 Å². The monoisotopic (exact) mass is 718 g/mol. The summed E-state index contributed by atoms with van der Waals surface area (Å²) in [7, 11) is -1.73. The maximum Gasteiger partial charge on any atom is 0.307 e. The molecule has 2 aliphatic heterocycles. The Morgan fingerprint density at radius 2 is 1.22 bits per heavy atom. The van der Waals surface area contributed by atoms with Crippen molar-refractivity contribution in [3.63, 3.8) is 0 Å². The summed E-state index contributed by atoms with van der Waals surface area (Å²) >= 11 is 0. The second-order valence-corrected chi connectivity index (χ2v) is 22.5. The first-order chi connectivity index (χ1) is 24.2. The summed E-state index contributed by atoms with van der Waals surface area (Å²) in [5.41, 5.74) is 7.67. The SMILES string of the molecule is CC[Si](C#CC#CCCC(=O)O[C@@H]1[C@@H](OC(=O)CCC#CC#C[Si](CC)(CC)CC)[C@@H](OC)O[C@@H]2CO[C@@H](c3ccccc3)O[C@@H]12)(CC)CC. The Bertz CT molecular complexity index is 1470. The average Bonchev–Trinajstić information content (AvgIpc) is 3.15. The molecular formula is C40H54O8Si2. The number of hydrogen-bond donors (Lipinski definition) is 0. The molecule has 2 fully saturated rings. The van der Waals surface area contributed by atoms with E-state index in [2.05, 4.69) is 88.2 Å². The van der Waals surface area contributed by atoms with Gasteiger partial charge in [0.25, 0.3) is 0 Å². The fourth-order valence-corrected chi connectivity index (χ4v) is 10.8. The lowest BCUT2D eigenvalue weighted by Crippen LogP contribution is -2.64. The van der Waals surface area contributed by atoms with Crippen LogP contribution in [0.5, 0.6) is 0 Å². The number of ether oxygens (including phenoxy) is 6. The molecule has 0 N–H and O–H groups in total. The van der Waals surface area contributed by atoms with E-state index in [0.29, 0.717) is 0 Å². The largest absolute Gasteiger partial charge is 0.455 e. The summed E-state index contributed by atoms with van der Waals surface area (Å²) in [5, 5.41) is 0. The molecule has 3 rings (SSSR count). The highest BCUT2D eigenvalue weighted by molar-refractivity contribution is 6.87. The quantitative estimate of drug-likeness (QED) is 0.116. The molecule has 10 heteroatoms. The van der Waals surface area contributed by atoms with Gasteiger partial charge in [-0.1, -0.05) is 83.7 Å². The maximum atomic E-state index is 13.2. The predicted molar refractivity (Wildman–Crippen MR) is 199 cm³/mol. The van der Waals surface area contributed by atoms with E-state index in [1.54, 1.807) is 0 Å². The number of fused-ring (bicyclic) bond motifs is 1. The zero-order valence-corrected chi connectivity index (χ0v) is 32.9. The van der Waals surface area contributed by atoms with E-state index in [4.69, 9.17) is 28.4 Å². The number of esters is 2. The van der Waals surface area contributed by atoms with Gasteiger partial charge in [0.05, 0.1) is 19.4 Å². The molecule has 2 aliphatic rings. The van der Waals surface area contributed by atoms with Gasteiger partial charge in [-0.3, -0.25) is 9.59 Å². The molecule has 1 aromatic carbocycles. The Morgan fingerprint density at radius 3 is 1.70 bits per heavy atom. The lowest BCUT2D eigenvalue weighted by Gasteiger charge is -2.47.